The summed E-state index contributed by atoms with van der Waals surface area (Å²) < 4.78 is 16.7. The monoisotopic (exact) mass is 332 g/mol. The van der Waals surface area contributed by atoms with E-state index in [1.165, 1.54) is 0 Å². The molecule has 2 saturated heterocycles. The molecule has 3 rings (SSSR count). The molecule has 1 N–H and O–H groups in total. The van der Waals surface area contributed by atoms with Crippen LogP contribution >= 0.6 is 0 Å². The number of hydrogen-bond acceptors (Lipinski definition) is 5. The third-order valence-electron chi connectivity index (χ3n) is 4.78. The summed E-state index contributed by atoms with van der Waals surface area (Å²) in [6.45, 7) is 7.69. The van der Waals surface area contributed by atoms with Gasteiger partial charge in [-0.1, -0.05) is 18.2 Å². The molecular weight excluding hydrogens is 308 g/mol. The van der Waals surface area contributed by atoms with Crippen molar-refractivity contribution in [2.75, 3.05) is 26.6 Å². The van der Waals surface area contributed by atoms with E-state index in [2.05, 4.69) is 23.7 Å². The zero-order chi connectivity index (χ0) is 17.0. The Bertz CT molecular complexity index is 588. The van der Waals surface area contributed by atoms with Gasteiger partial charge in [-0.05, 0) is 38.5 Å². The molecule has 0 aromatic heterocycles. The van der Waals surface area contributed by atoms with Crippen LogP contribution in [-0.4, -0.2) is 48.9 Å². The maximum atomic E-state index is 11.8. The number of amides is 1. The van der Waals surface area contributed by atoms with Crippen molar-refractivity contribution in [1.82, 2.24) is 10.2 Å². The number of hydrogen-bond donors (Lipinski definition) is 1. The lowest BCUT2D eigenvalue weighted by molar-refractivity contribution is -0.141. The highest BCUT2D eigenvalue weighted by atomic mass is 16.7. The molecule has 24 heavy (non-hydrogen) atoms. The van der Waals surface area contributed by atoms with Gasteiger partial charge in [-0.15, -0.1) is 0 Å². The predicted molar refractivity (Wildman–Crippen MR) is 89.3 cm³/mol. The molecule has 2 fully saturated rings. The van der Waals surface area contributed by atoms with Gasteiger partial charge in [-0.2, -0.15) is 0 Å². The Morgan fingerprint density at radius 1 is 1.46 bits per heavy atom. The smallest absolute Gasteiger partial charge is 0.246 e. The summed E-state index contributed by atoms with van der Waals surface area (Å²) in [6, 6.07) is 9.54. The van der Waals surface area contributed by atoms with Crippen LogP contribution in [0.25, 0.3) is 0 Å². The van der Waals surface area contributed by atoms with E-state index in [0.717, 1.165) is 25.1 Å². The van der Waals surface area contributed by atoms with E-state index in [1.54, 1.807) is 0 Å². The van der Waals surface area contributed by atoms with Crippen LogP contribution < -0.4 is 10.1 Å². The summed E-state index contributed by atoms with van der Waals surface area (Å²) in [5.74, 6) is 1.24. The standard InChI is InChI=1S/C18H24N2O4/c1-14-18(12-22-11-17(21)19-18)9-6-10-20(14)15(2)23-13-24-16-7-4-3-5-8-16/h3-5,7-8,14H,2,6,9-13H2,1H3,(H,19,21). The number of para-hydroxylation sites is 1. The van der Waals surface area contributed by atoms with Crippen molar-refractivity contribution >= 4 is 5.91 Å². The third-order valence-corrected chi connectivity index (χ3v) is 4.78. The SMILES string of the molecule is C=C(OCOc1ccccc1)N1CCCC2(COCC(=O)N2)C1C. The van der Waals surface area contributed by atoms with Crippen molar-refractivity contribution in [3.05, 3.63) is 42.8 Å². The first-order valence-electron chi connectivity index (χ1n) is 8.26. The first-order chi connectivity index (χ1) is 11.6. The molecule has 6 nitrogen and oxygen atoms in total. The molecule has 0 bridgehead atoms. The lowest BCUT2D eigenvalue weighted by Crippen LogP contribution is -2.68. The fourth-order valence-corrected chi connectivity index (χ4v) is 3.41. The number of carbonyl (C=O) groups excluding carboxylic acids is 1. The Balaban J connectivity index is 1.57. The number of carbonyl (C=O) groups is 1. The largest absolute Gasteiger partial charge is 0.457 e. The van der Waals surface area contributed by atoms with Crippen LogP contribution in [0.1, 0.15) is 19.8 Å². The molecule has 2 aliphatic rings. The van der Waals surface area contributed by atoms with E-state index in [0.29, 0.717) is 12.5 Å². The molecule has 2 unspecified atom stereocenters. The maximum Gasteiger partial charge on any atom is 0.246 e. The zero-order valence-corrected chi connectivity index (χ0v) is 14.0. The number of rotatable bonds is 5. The van der Waals surface area contributed by atoms with Gasteiger partial charge in [0.15, 0.2) is 5.88 Å². The number of benzene rings is 1. The van der Waals surface area contributed by atoms with Gasteiger partial charge in [-0.3, -0.25) is 4.79 Å². The number of morpholine rings is 1. The molecule has 0 aliphatic carbocycles. The molecule has 0 saturated carbocycles. The van der Waals surface area contributed by atoms with Crippen molar-refractivity contribution in [3.8, 4) is 5.75 Å². The number of nitrogens with zero attached hydrogens (tertiary/aromatic N) is 1. The van der Waals surface area contributed by atoms with Crippen LogP contribution in [0.15, 0.2) is 42.8 Å². The summed E-state index contributed by atoms with van der Waals surface area (Å²) in [4.78, 5) is 13.8. The quantitative estimate of drug-likeness (QED) is 0.659. The molecule has 6 heteroatoms. The van der Waals surface area contributed by atoms with Crippen LogP contribution in [0.3, 0.4) is 0 Å². The first kappa shape index (κ1) is 16.6. The van der Waals surface area contributed by atoms with E-state index in [-0.39, 0.29) is 30.9 Å². The minimum absolute atomic E-state index is 0.0414. The van der Waals surface area contributed by atoms with E-state index in [9.17, 15) is 4.79 Å². The Morgan fingerprint density at radius 3 is 3.00 bits per heavy atom. The van der Waals surface area contributed by atoms with Crippen molar-refractivity contribution in [1.29, 1.82) is 0 Å². The lowest BCUT2D eigenvalue weighted by atomic mass is 9.81. The normalized spacial score (nSPS) is 26.8. The van der Waals surface area contributed by atoms with Crippen molar-refractivity contribution in [3.63, 3.8) is 0 Å². The fourth-order valence-electron chi connectivity index (χ4n) is 3.41. The molecule has 0 radical (unpaired) electrons. The fraction of sp³-hybridized carbons (Fsp3) is 0.500. The second-order valence-corrected chi connectivity index (χ2v) is 6.28. The predicted octanol–water partition coefficient (Wildman–Crippen LogP) is 1.88. The highest BCUT2D eigenvalue weighted by Gasteiger charge is 2.46. The van der Waals surface area contributed by atoms with E-state index in [4.69, 9.17) is 14.2 Å². The molecule has 130 valence electrons. The molecular formula is C18H24N2O4. The van der Waals surface area contributed by atoms with Crippen LogP contribution in [-0.2, 0) is 14.3 Å². The summed E-state index contributed by atoms with van der Waals surface area (Å²) in [7, 11) is 0. The van der Waals surface area contributed by atoms with Gasteiger partial charge in [0.25, 0.3) is 0 Å². The van der Waals surface area contributed by atoms with Gasteiger partial charge in [0.2, 0.25) is 12.7 Å². The van der Waals surface area contributed by atoms with Crippen LogP contribution in [0.5, 0.6) is 5.75 Å². The van der Waals surface area contributed by atoms with E-state index < -0.39 is 0 Å². The molecule has 1 spiro atoms. The van der Waals surface area contributed by atoms with Crippen LogP contribution in [0, 0.1) is 0 Å². The summed E-state index contributed by atoms with van der Waals surface area (Å²) >= 11 is 0. The number of ether oxygens (including phenoxy) is 3. The van der Waals surface area contributed by atoms with Crippen molar-refractivity contribution in [2.45, 2.75) is 31.3 Å². The molecule has 1 aromatic rings. The van der Waals surface area contributed by atoms with Crippen LogP contribution in [0.2, 0.25) is 0 Å². The molecule has 2 atom stereocenters. The first-order valence-corrected chi connectivity index (χ1v) is 8.26. The number of likely N-dealkylation sites (tertiary alicyclic amines) is 1. The van der Waals surface area contributed by atoms with Gasteiger partial charge in [-0.25, -0.2) is 0 Å². The van der Waals surface area contributed by atoms with Gasteiger partial charge < -0.3 is 24.4 Å². The van der Waals surface area contributed by atoms with Gasteiger partial charge in [0, 0.05) is 6.54 Å². The summed E-state index contributed by atoms with van der Waals surface area (Å²) in [5, 5.41) is 3.11. The topological polar surface area (TPSA) is 60.0 Å². The Morgan fingerprint density at radius 2 is 2.25 bits per heavy atom. The zero-order valence-electron chi connectivity index (χ0n) is 14.0. The maximum absolute atomic E-state index is 11.8. The van der Waals surface area contributed by atoms with Gasteiger partial charge in [0.1, 0.15) is 12.4 Å². The highest BCUT2D eigenvalue weighted by Crippen LogP contribution is 2.32. The van der Waals surface area contributed by atoms with Gasteiger partial charge >= 0.3 is 0 Å². The Labute approximate surface area is 142 Å². The summed E-state index contributed by atoms with van der Waals surface area (Å²) in [6.07, 6.45) is 1.83. The molecule has 1 aromatic carbocycles. The minimum Gasteiger partial charge on any atom is -0.457 e. The minimum atomic E-state index is -0.375. The second-order valence-electron chi connectivity index (χ2n) is 6.28. The molecule has 1 amide bonds. The van der Waals surface area contributed by atoms with E-state index in [1.807, 2.05) is 30.3 Å². The number of nitrogens with one attached hydrogen (secondary N) is 1. The van der Waals surface area contributed by atoms with Gasteiger partial charge in [0.05, 0.1) is 18.2 Å². The highest BCUT2D eigenvalue weighted by molar-refractivity contribution is 5.79. The lowest BCUT2D eigenvalue weighted by Gasteiger charge is -2.51. The Kier molecular flexibility index (Phi) is 4.94. The van der Waals surface area contributed by atoms with E-state index >= 15 is 0 Å². The average Bonchev–Trinajstić information content (AvgIpc) is 2.58. The average molecular weight is 332 g/mol. The molecule has 2 heterocycles. The van der Waals surface area contributed by atoms with Crippen LogP contribution in [0.4, 0.5) is 0 Å². The van der Waals surface area contributed by atoms with Crippen molar-refractivity contribution < 1.29 is 19.0 Å². The second kappa shape index (κ2) is 7.13. The number of piperidine rings is 1. The third kappa shape index (κ3) is 3.48. The molecule has 2 aliphatic heterocycles. The summed E-state index contributed by atoms with van der Waals surface area (Å²) in [5.41, 5.74) is -0.375. The Hall–Kier alpha value is -2.21. The van der Waals surface area contributed by atoms with Crippen molar-refractivity contribution in [2.24, 2.45) is 0 Å².